The summed E-state index contributed by atoms with van der Waals surface area (Å²) in [6, 6.07) is 6.73. The second-order valence-corrected chi connectivity index (χ2v) is 6.16. The monoisotopic (exact) mass is 356 g/mol. The Bertz CT molecular complexity index is 867. The van der Waals surface area contributed by atoms with Crippen LogP contribution in [0.2, 0.25) is 0 Å². The number of hydrogen-bond acceptors (Lipinski definition) is 5. The van der Waals surface area contributed by atoms with E-state index in [0.717, 1.165) is 6.42 Å². The number of carbonyl (C=O) groups excluding carboxylic acids is 3. The number of anilines is 2. The van der Waals surface area contributed by atoms with Gasteiger partial charge in [-0.15, -0.1) is 0 Å². The van der Waals surface area contributed by atoms with Gasteiger partial charge in [-0.05, 0) is 37.6 Å². The van der Waals surface area contributed by atoms with E-state index in [2.05, 4.69) is 10.1 Å². The maximum Gasteiger partial charge on any atom is 0.413 e. The van der Waals surface area contributed by atoms with Crippen molar-refractivity contribution in [1.29, 1.82) is 0 Å². The van der Waals surface area contributed by atoms with Gasteiger partial charge in [0.05, 0.1) is 12.7 Å². The average Bonchev–Trinajstić information content (AvgIpc) is 2.99. The smallest absolute Gasteiger partial charge is 0.413 e. The fraction of sp³-hybridized carbons (Fsp3) is 0.316. The lowest BCUT2D eigenvalue weighted by molar-refractivity contribution is 0.0963. The summed E-state index contributed by atoms with van der Waals surface area (Å²) in [7, 11) is 2.90. The molecule has 0 fully saturated rings. The fourth-order valence-electron chi connectivity index (χ4n) is 3.06. The summed E-state index contributed by atoms with van der Waals surface area (Å²) in [4.78, 5) is 37.4. The number of fused-ring (bicyclic) bond motifs is 1. The molecule has 1 aliphatic carbocycles. The Morgan fingerprint density at radius 3 is 2.50 bits per heavy atom. The molecule has 1 aromatic carbocycles. The number of nitrogens with one attached hydrogen (secondary N) is 1. The van der Waals surface area contributed by atoms with E-state index in [-0.39, 0.29) is 11.5 Å². The Morgan fingerprint density at radius 1 is 1.19 bits per heavy atom. The summed E-state index contributed by atoms with van der Waals surface area (Å²) in [5.41, 5.74) is 2.32. The summed E-state index contributed by atoms with van der Waals surface area (Å²) in [5, 5.41) is 2.75. The van der Waals surface area contributed by atoms with Crippen LogP contribution in [0.15, 0.2) is 28.7 Å². The van der Waals surface area contributed by atoms with Gasteiger partial charge in [0.1, 0.15) is 5.76 Å². The van der Waals surface area contributed by atoms with Crippen molar-refractivity contribution in [3.63, 3.8) is 0 Å². The number of amides is 2. The number of Topliss-reactive ketones (excluding diaryl/α,β-unsaturated/α-hetero) is 1. The topological polar surface area (TPSA) is 88.8 Å². The molecular formula is C19H20N2O5. The summed E-state index contributed by atoms with van der Waals surface area (Å²) < 4.78 is 10.3. The molecule has 1 N–H and O–H groups in total. The van der Waals surface area contributed by atoms with E-state index in [4.69, 9.17) is 4.42 Å². The van der Waals surface area contributed by atoms with Gasteiger partial charge >= 0.3 is 6.09 Å². The van der Waals surface area contributed by atoms with Gasteiger partial charge in [-0.3, -0.25) is 14.5 Å². The Balaban J connectivity index is 1.77. The van der Waals surface area contributed by atoms with Crippen LogP contribution >= 0.6 is 0 Å². The second-order valence-electron chi connectivity index (χ2n) is 6.16. The summed E-state index contributed by atoms with van der Waals surface area (Å²) in [6.07, 6.45) is 1.42. The quantitative estimate of drug-likeness (QED) is 0.908. The van der Waals surface area contributed by atoms with Crippen molar-refractivity contribution in [2.45, 2.75) is 26.2 Å². The molecule has 0 saturated heterocycles. The molecule has 0 radical (unpaired) electrons. The van der Waals surface area contributed by atoms with Crippen LogP contribution in [0.3, 0.4) is 0 Å². The predicted octanol–water partition coefficient (Wildman–Crippen LogP) is 3.56. The Labute approximate surface area is 150 Å². The molecule has 2 amide bonds. The minimum atomic E-state index is -0.483. The summed E-state index contributed by atoms with van der Waals surface area (Å²) in [5.74, 6) is 0.389. The molecule has 3 rings (SSSR count). The van der Waals surface area contributed by atoms with Gasteiger partial charge < -0.3 is 14.5 Å². The van der Waals surface area contributed by atoms with Crippen LogP contribution in [0.5, 0.6) is 0 Å². The van der Waals surface area contributed by atoms with Gasteiger partial charge in [0.2, 0.25) is 0 Å². The number of nitrogens with zero attached hydrogens (tertiary/aromatic N) is 1. The SMILES string of the molecule is COC(=O)N(C)c1ccc(NC(=O)c2oc3c(c2C)C(=O)CCC3)cc1. The molecule has 0 unspecified atom stereocenters. The van der Waals surface area contributed by atoms with Gasteiger partial charge in [0.25, 0.3) is 5.91 Å². The number of ketones is 1. The number of carbonyl (C=O) groups is 3. The van der Waals surface area contributed by atoms with Crippen molar-refractivity contribution in [3.8, 4) is 0 Å². The van der Waals surface area contributed by atoms with Crippen molar-refractivity contribution in [1.82, 2.24) is 0 Å². The molecule has 0 saturated carbocycles. The van der Waals surface area contributed by atoms with Gasteiger partial charge in [0, 0.05) is 36.8 Å². The van der Waals surface area contributed by atoms with E-state index >= 15 is 0 Å². The molecule has 0 aliphatic heterocycles. The third kappa shape index (κ3) is 3.20. The zero-order chi connectivity index (χ0) is 18.8. The predicted molar refractivity (Wildman–Crippen MR) is 95.9 cm³/mol. The third-order valence-electron chi connectivity index (χ3n) is 4.47. The third-order valence-corrected chi connectivity index (χ3v) is 4.47. The minimum Gasteiger partial charge on any atom is -0.455 e. The standard InChI is InChI=1S/C19H20N2O5/c1-11-16-14(22)5-4-6-15(16)26-17(11)18(23)20-12-7-9-13(10-8-12)21(2)19(24)25-3/h7-10H,4-6H2,1-3H3,(H,20,23). The first-order chi connectivity index (χ1) is 12.4. The molecule has 0 atom stereocenters. The van der Waals surface area contributed by atoms with Crippen LogP contribution in [0.25, 0.3) is 0 Å². The van der Waals surface area contributed by atoms with Crippen molar-refractivity contribution < 1.29 is 23.5 Å². The first-order valence-corrected chi connectivity index (χ1v) is 8.31. The van der Waals surface area contributed by atoms with Crippen LogP contribution < -0.4 is 10.2 Å². The highest BCUT2D eigenvalue weighted by Gasteiger charge is 2.28. The molecule has 1 aromatic heterocycles. The minimum absolute atomic E-state index is 0.0294. The highest BCUT2D eigenvalue weighted by atomic mass is 16.5. The van der Waals surface area contributed by atoms with E-state index in [0.29, 0.717) is 41.1 Å². The molecule has 1 aliphatic rings. The number of rotatable bonds is 3. The number of benzene rings is 1. The molecule has 7 nitrogen and oxygen atoms in total. The van der Waals surface area contributed by atoms with Gasteiger partial charge in [-0.25, -0.2) is 4.79 Å². The second kappa shape index (κ2) is 7.03. The number of furan rings is 1. The van der Waals surface area contributed by atoms with Crippen LogP contribution in [0.4, 0.5) is 16.2 Å². The zero-order valence-corrected chi connectivity index (χ0v) is 14.9. The first-order valence-electron chi connectivity index (χ1n) is 8.31. The van der Waals surface area contributed by atoms with E-state index in [1.165, 1.54) is 12.0 Å². The van der Waals surface area contributed by atoms with Crippen molar-refractivity contribution in [2.75, 3.05) is 24.4 Å². The van der Waals surface area contributed by atoms with Crippen LogP contribution in [0, 0.1) is 6.92 Å². The van der Waals surface area contributed by atoms with E-state index in [9.17, 15) is 14.4 Å². The Morgan fingerprint density at radius 2 is 1.88 bits per heavy atom. The van der Waals surface area contributed by atoms with Crippen molar-refractivity contribution in [3.05, 3.63) is 46.9 Å². The fourth-order valence-corrected chi connectivity index (χ4v) is 3.06. The van der Waals surface area contributed by atoms with Crippen molar-refractivity contribution in [2.24, 2.45) is 0 Å². The van der Waals surface area contributed by atoms with E-state index in [1.54, 1.807) is 38.2 Å². The molecule has 0 bridgehead atoms. The van der Waals surface area contributed by atoms with Gasteiger partial charge in [-0.2, -0.15) is 0 Å². The highest BCUT2D eigenvalue weighted by molar-refractivity contribution is 6.07. The Kier molecular flexibility index (Phi) is 4.79. The van der Waals surface area contributed by atoms with Crippen LogP contribution in [-0.4, -0.2) is 31.9 Å². The van der Waals surface area contributed by atoms with E-state index in [1.807, 2.05) is 0 Å². The molecule has 26 heavy (non-hydrogen) atoms. The van der Waals surface area contributed by atoms with Gasteiger partial charge in [-0.1, -0.05) is 0 Å². The van der Waals surface area contributed by atoms with E-state index < -0.39 is 12.0 Å². The maximum absolute atomic E-state index is 12.5. The zero-order valence-electron chi connectivity index (χ0n) is 14.9. The summed E-state index contributed by atoms with van der Waals surface area (Å²) >= 11 is 0. The summed E-state index contributed by atoms with van der Waals surface area (Å²) in [6.45, 7) is 1.73. The molecule has 7 heteroatoms. The molecular weight excluding hydrogens is 336 g/mol. The normalized spacial score (nSPS) is 13.1. The van der Waals surface area contributed by atoms with Gasteiger partial charge in [0.15, 0.2) is 11.5 Å². The van der Waals surface area contributed by atoms with Crippen molar-refractivity contribution >= 4 is 29.2 Å². The average molecular weight is 356 g/mol. The van der Waals surface area contributed by atoms with Crippen LogP contribution in [-0.2, 0) is 11.2 Å². The molecule has 2 aromatic rings. The Hall–Kier alpha value is -3.09. The highest BCUT2D eigenvalue weighted by Crippen LogP contribution is 2.30. The van der Waals surface area contributed by atoms with Crippen LogP contribution in [0.1, 0.15) is 45.1 Å². The number of ether oxygens (including phenoxy) is 1. The molecule has 1 heterocycles. The number of aryl methyl sites for hydroxylation is 1. The maximum atomic E-state index is 12.5. The lowest BCUT2D eigenvalue weighted by Gasteiger charge is -2.15. The number of methoxy groups -OCH3 is 1. The lowest BCUT2D eigenvalue weighted by Crippen LogP contribution is -2.25. The largest absolute Gasteiger partial charge is 0.455 e. The number of hydrogen-bond donors (Lipinski definition) is 1. The lowest BCUT2D eigenvalue weighted by atomic mass is 9.94. The molecule has 136 valence electrons. The molecule has 0 spiro atoms. The first kappa shape index (κ1) is 17.7.